The SMILES string of the molecule is CC(=O)C1=NN(c2ccccc2)C2(SCC(=O)N2c2ccccc2)S1. The number of Topliss-reactive ketones (excluding diaryl/α,β-unsaturated/α-hetero) is 1. The molecule has 1 amide bonds. The number of rotatable bonds is 3. The van der Waals surface area contributed by atoms with Gasteiger partial charge in [-0.1, -0.05) is 48.2 Å². The molecule has 1 unspecified atom stereocenters. The maximum atomic E-state index is 12.7. The number of ketones is 1. The fourth-order valence-corrected chi connectivity index (χ4v) is 5.58. The van der Waals surface area contributed by atoms with Gasteiger partial charge in [0.25, 0.3) is 0 Å². The van der Waals surface area contributed by atoms with Gasteiger partial charge in [0.05, 0.1) is 11.4 Å². The van der Waals surface area contributed by atoms with Crippen LogP contribution in [0.1, 0.15) is 6.92 Å². The van der Waals surface area contributed by atoms with Gasteiger partial charge in [-0.05, 0) is 36.0 Å². The number of anilines is 2. The van der Waals surface area contributed by atoms with Crippen LogP contribution in [0.4, 0.5) is 11.4 Å². The minimum atomic E-state index is -0.819. The van der Waals surface area contributed by atoms with E-state index in [1.165, 1.54) is 30.4 Å². The normalized spacial score (nSPS) is 22.6. The average Bonchev–Trinajstić information content (AvgIpc) is 3.18. The third-order valence-electron chi connectivity index (χ3n) is 3.92. The second-order valence-corrected chi connectivity index (χ2v) is 8.18. The van der Waals surface area contributed by atoms with Gasteiger partial charge < -0.3 is 0 Å². The molecule has 0 aromatic heterocycles. The number of carbonyl (C=O) groups is 2. The largest absolute Gasteiger partial charge is 0.292 e. The number of thioether (sulfide) groups is 2. The van der Waals surface area contributed by atoms with Crippen molar-refractivity contribution in [2.24, 2.45) is 5.10 Å². The van der Waals surface area contributed by atoms with E-state index in [-0.39, 0.29) is 11.7 Å². The molecule has 2 aliphatic heterocycles. The Morgan fingerprint density at radius 3 is 2.24 bits per heavy atom. The maximum Gasteiger partial charge on any atom is 0.243 e. The first-order valence-electron chi connectivity index (χ1n) is 7.78. The summed E-state index contributed by atoms with van der Waals surface area (Å²) >= 11 is 2.82. The summed E-state index contributed by atoms with van der Waals surface area (Å²) in [5, 5.41) is 6.75. The quantitative estimate of drug-likeness (QED) is 0.828. The Morgan fingerprint density at radius 1 is 1.04 bits per heavy atom. The van der Waals surface area contributed by atoms with Crippen molar-refractivity contribution >= 4 is 51.6 Å². The molecule has 0 N–H and O–H groups in total. The van der Waals surface area contributed by atoms with E-state index >= 15 is 0 Å². The third-order valence-corrected chi connectivity index (χ3v) is 6.83. The van der Waals surface area contributed by atoms with E-state index in [2.05, 4.69) is 5.10 Å². The van der Waals surface area contributed by atoms with Crippen molar-refractivity contribution in [3.8, 4) is 0 Å². The highest BCUT2D eigenvalue weighted by Crippen LogP contribution is 2.55. The second-order valence-electron chi connectivity index (χ2n) is 5.61. The van der Waals surface area contributed by atoms with Gasteiger partial charge in [0.2, 0.25) is 10.2 Å². The summed E-state index contributed by atoms with van der Waals surface area (Å²) in [4.78, 5) is 26.5. The molecular formula is C18H15N3O2S2. The number of hydrogen-bond acceptors (Lipinski definition) is 6. The molecule has 0 saturated carbocycles. The second kappa shape index (κ2) is 6.24. The highest BCUT2D eigenvalue weighted by Gasteiger charge is 2.57. The van der Waals surface area contributed by atoms with Crippen LogP contribution in [0.3, 0.4) is 0 Å². The molecule has 0 bridgehead atoms. The minimum Gasteiger partial charge on any atom is -0.292 e. The highest BCUT2D eigenvalue weighted by atomic mass is 32.2. The molecule has 0 radical (unpaired) electrons. The molecule has 2 aromatic rings. The first kappa shape index (κ1) is 16.2. The Labute approximate surface area is 154 Å². The summed E-state index contributed by atoms with van der Waals surface area (Å²) in [5.74, 6) is 0.242. The summed E-state index contributed by atoms with van der Waals surface area (Å²) in [6, 6.07) is 19.2. The van der Waals surface area contributed by atoms with Crippen molar-refractivity contribution in [1.82, 2.24) is 0 Å². The standard InChI is InChI=1S/C18H15N3O2S2/c1-13(22)17-19-21(15-10-6-3-7-11-15)18(25-17)20(16(23)12-24-18)14-8-4-2-5-9-14/h2-11H,12H2,1H3. The molecule has 1 fully saturated rings. The maximum absolute atomic E-state index is 12.7. The van der Waals surface area contributed by atoms with Gasteiger partial charge in [0.15, 0.2) is 10.8 Å². The van der Waals surface area contributed by atoms with E-state index in [0.29, 0.717) is 10.8 Å². The van der Waals surface area contributed by atoms with Crippen molar-refractivity contribution in [1.29, 1.82) is 0 Å². The van der Waals surface area contributed by atoms with E-state index in [1.807, 2.05) is 60.7 Å². The predicted molar refractivity (Wildman–Crippen MR) is 104 cm³/mol. The van der Waals surface area contributed by atoms with Gasteiger partial charge in [-0.15, -0.1) is 0 Å². The lowest BCUT2D eigenvalue weighted by molar-refractivity contribution is -0.116. The molecule has 1 spiro atoms. The minimum absolute atomic E-state index is 0.00429. The third kappa shape index (κ3) is 2.63. The average molecular weight is 369 g/mol. The molecule has 7 heteroatoms. The molecule has 2 aliphatic rings. The summed E-state index contributed by atoms with van der Waals surface area (Å²) in [7, 11) is 0. The van der Waals surface area contributed by atoms with Crippen molar-refractivity contribution in [2.45, 2.75) is 11.3 Å². The molecule has 25 heavy (non-hydrogen) atoms. The summed E-state index contributed by atoms with van der Waals surface area (Å²) in [6.07, 6.45) is 0. The Bertz CT molecular complexity index is 857. The Balaban J connectivity index is 1.85. The van der Waals surface area contributed by atoms with Gasteiger partial charge in [-0.3, -0.25) is 14.5 Å². The molecular weight excluding hydrogens is 354 g/mol. The van der Waals surface area contributed by atoms with Crippen LogP contribution in [0.25, 0.3) is 0 Å². The topological polar surface area (TPSA) is 53.0 Å². The van der Waals surface area contributed by atoms with Crippen LogP contribution in [0.15, 0.2) is 65.8 Å². The number of hydrogen-bond donors (Lipinski definition) is 0. The van der Waals surface area contributed by atoms with E-state index in [0.717, 1.165) is 11.4 Å². The molecule has 2 aromatic carbocycles. The Morgan fingerprint density at radius 2 is 1.64 bits per heavy atom. The highest BCUT2D eigenvalue weighted by molar-refractivity contribution is 8.28. The van der Waals surface area contributed by atoms with Crippen molar-refractivity contribution < 1.29 is 9.59 Å². The van der Waals surface area contributed by atoms with Crippen LogP contribution in [-0.4, -0.2) is 26.8 Å². The molecule has 1 atom stereocenters. The zero-order valence-electron chi connectivity index (χ0n) is 13.5. The lowest BCUT2D eigenvalue weighted by atomic mass is 10.3. The summed E-state index contributed by atoms with van der Waals surface area (Å²) in [6.45, 7) is 1.50. The Hall–Kier alpha value is -2.25. The van der Waals surface area contributed by atoms with Crippen LogP contribution >= 0.6 is 23.5 Å². The number of carbonyl (C=O) groups excluding carboxylic acids is 2. The van der Waals surface area contributed by atoms with Gasteiger partial charge >= 0.3 is 0 Å². The molecule has 0 aliphatic carbocycles. The van der Waals surface area contributed by atoms with Crippen molar-refractivity contribution in [2.75, 3.05) is 15.7 Å². The molecule has 1 saturated heterocycles. The Kier molecular flexibility index (Phi) is 4.05. The van der Waals surface area contributed by atoms with Crippen molar-refractivity contribution in [3.05, 3.63) is 60.7 Å². The fraction of sp³-hybridized carbons (Fsp3) is 0.167. The molecule has 2 heterocycles. The zero-order chi connectivity index (χ0) is 17.4. The van der Waals surface area contributed by atoms with Crippen molar-refractivity contribution in [3.63, 3.8) is 0 Å². The molecule has 4 rings (SSSR count). The van der Waals surface area contributed by atoms with Crippen LogP contribution < -0.4 is 9.91 Å². The number of amides is 1. The first-order valence-corrected chi connectivity index (χ1v) is 9.58. The van der Waals surface area contributed by atoms with Gasteiger partial charge in [0, 0.05) is 12.6 Å². The van der Waals surface area contributed by atoms with E-state index in [4.69, 9.17) is 0 Å². The molecule has 5 nitrogen and oxygen atoms in total. The smallest absolute Gasteiger partial charge is 0.243 e. The van der Waals surface area contributed by atoms with E-state index in [1.54, 1.807) is 9.91 Å². The van der Waals surface area contributed by atoms with Gasteiger partial charge in [-0.2, -0.15) is 5.10 Å². The van der Waals surface area contributed by atoms with Crippen LogP contribution in [-0.2, 0) is 9.59 Å². The number of nitrogens with zero attached hydrogens (tertiary/aromatic N) is 3. The van der Waals surface area contributed by atoms with Gasteiger partial charge in [0.1, 0.15) is 0 Å². The van der Waals surface area contributed by atoms with Gasteiger partial charge in [-0.25, -0.2) is 5.01 Å². The summed E-state index contributed by atoms with van der Waals surface area (Å²) in [5.41, 5.74) is 1.64. The molecule has 126 valence electrons. The fourth-order valence-electron chi connectivity index (χ4n) is 2.83. The number of benzene rings is 2. The lowest BCUT2D eigenvalue weighted by Gasteiger charge is -2.39. The predicted octanol–water partition coefficient (Wildman–Crippen LogP) is 3.53. The van der Waals surface area contributed by atoms with E-state index in [9.17, 15) is 9.59 Å². The van der Waals surface area contributed by atoms with Crippen LogP contribution in [0.5, 0.6) is 0 Å². The monoisotopic (exact) mass is 369 g/mol. The van der Waals surface area contributed by atoms with Crippen LogP contribution in [0.2, 0.25) is 0 Å². The zero-order valence-corrected chi connectivity index (χ0v) is 15.1. The summed E-state index contributed by atoms with van der Waals surface area (Å²) < 4.78 is -0.819. The first-order chi connectivity index (χ1) is 12.1. The van der Waals surface area contributed by atoms with E-state index < -0.39 is 4.33 Å². The number of para-hydroxylation sites is 2. The number of hydrazone groups is 1. The van der Waals surface area contributed by atoms with Crippen LogP contribution in [0, 0.1) is 0 Å². The lowest BCUT2D eigenvalue weighted by Crippen LogP contribution is -2.51.